The first kappa shape index (κ1) is 15.1. The fraction of sp³-hybridized carbons (Fsp3) is 0.250. The van der Waals surface area contributed by atoms with Crippen LogP contribution >= 0.6 is 0 Å². The second kappa shape index (κ2) is 6.46. The SMILES string of the molecule is O=C(O)c1ccc(CS(=O)(=O)NCCn2ccnn2)cc1. The Morgan fingerprint density at radius 2 is 2.00 bits per heavy atom. The zero-order valence-corrected chi connectivity index (χ0v) is 11.8. The number of carboxylic acids is 1. The molecule has 2 rings (SSSR count). The fourth-order valence-corrected chi connectivity index (χ4v) is 2.82. The first-order valence-electron chi connectivity index (χ1n) is 6.10. The molecule has 0 aliphatic carbocycles. The Balaban J connectivity index is 1.89. The number of benzene rings is 1. The van der Waals surface area contributed by atoms with E-state index in [0.717, 1.165) is 0 Å². The minimum absolute atomic E-state index is 0.121. The first-order valence-corrected chi connectivity index (χ1v) is 7.75. The van der Waals surface area contributed by atoms with Gasteiger partial charge in [-0.1, -0.05) is 17.3 Å². The number of nitrogens with zero attached hydrogens (tertiary/aromatic N) is 3. The standard InChI is InChI=1S/C12H14N4O4S/c17-12(18)11-3-1-10(2-4-11)9-21(19,20)14-6-8-16-7-5-13-15-16/h1-5,7,14H,6,8-9H2,(H,17,18). The van der Waals surface area contributed by atoms with Gasteiger partial charge in [-0.25, -0.2) is 17.9 Å². The third kappa shape index (κ3) is 4.65. The van der Waals surface area contributed by atoms with Crippen LogP contribution in [0.15, 0.2) is 36.7 Å². The fourth-order valence-electron chi connectivity index (χ4n) is 1.68. The monoisotopic (exact) mass is 310 g/mol. The van der Waals surface area contributed by atoms with Gasteiger partial charge in [0.1, 0.15) is 0 Å². The van der Waals surface area contributed by atoms with Gasteiger partial charge in [-0.05, 0) is 17.7 Å². The van der Waals surface area contributed by atoms with Crippen LogP contribution in [0.5, 0.6) is 0 Å². The van der Waals surface area contributed by atoms with Crippen LogP contribution in [-0.2, 0) is 22.3 Å². The van der Waals surface area contributed by atoms with Crippen LogP contribution in [0.25, 0.3) is 0 Å². The molecule has 0 aliphatic rings. The summed E-state index contributed by atoms with van der Waals surface area (Å²) in [7, 11) is -3.48. The molecule has 1 aromatic carbocycles. The van der Waals surface area contributed by atoms with Gasteiger partial charge >= 0.3 is 5.97 Å². The van der Waals surface area contributed by atoms with E-state index in [1.165, 1.54) is 35.1 Å². The van der Waals surface area contributed by atoms with Crippen LogP contribution in [0, 0.1) is 0 Å². The quantitative estimate of drug-likeness (QED) is 0.749. The number of rotatable bonds is 7. The molecule has 2 aromatic rings. The number of carboxylic acid groups (broad SMARTS) is 1. The van der Waals surface area contributed by atoms with E-state index in [1.807, 2.05) is 0 Å². The lowest BCUT2D eigenvalue weighted by Gasteiger charge is -2.07. The molecule has 0 unspecified atom stereocenters. The molecule has 0 saturated heterocycles. The Morgan fingerprint density at radius 3 is 2.57 bits per heavy atom. The highest BCUT2D eigenvalue weighted by molar-refractivity contribution is 7.88. The van der Waals surface area contributed by atoms with Crippen LogP contribution in [0.2, 0.25) is 0 Å². The van der Waals surface area contributed by atoms with Crippen molar-refractivity contribution in [2.75, 3.05) is 6.54 Å². The third-order valence-electron chi connectivity index (χ3n) is 2.69. The Kier molecular flexibility index (Phi) is 4.66. The number of carbonyl (C=O) groups is 1. The van der Waals surface area contributed by atoms with Gasteiger partial charge < -0.3 is 5.11 Å². The van der Waals surface area contributed by atoms with Gasteiger partial charge in [0.25, 0.3) is 0 Å². The van der Waals surface area contributed by atoms with Gasteiger partial charge in [0, 0.05) is 12.7 Å². The summed E-state index contributed by atoms with van der Waals surface area (Å²) < 4.78 is 27.7. The summed E-state index contributed by atoms with van der Waals surface area (Å²) in [6, 6.07) is 5.73. The van der Waals surface area contributed by atoms with Crippen molar-refractivity contribution in [3.63, 3.8) is 0 Å². The van der Waals surface area contributed by atoms with Crippen molar-refractivity contribution in [3.05, 3.63) is 47.8 Å². The van der Waals surface area contributed by atoms with Crippen molar-refractivity contribution in [1.82, 2.24) is 19.7 Å². The summed E-state index contributed by atoms with van der Waals surface area (Å²) in [6.45, 7) is 0.593. The lowest BCUT2D eigenvalue weighted by atomic mass is 10.1. The largest absolute Gasteiger partial charge is 0.478 e. The van der Waals surface area contributed by atoms with Gasteiger partial charge in [0.15, 0.2) is 0 Å². The number of hydrogen-bond acceptors (Lipinski definition) is 5. The summed E-state index contributed by atoms with van der Waals surface area (Å²) in [6.07, 6.45) is 3.15. The topological polar surface area (TPSA) is 114 Å². The van der Waals surface area contributed by atoms with Crippen molar-refractivity contribution < 1.29 is 18.3 Å². The zero-order chi connectivity index (χ0) is 15.3. The summed E-state index contributed by atoms with van der Waals surface area (Å²) in [5.74, 6) is -1.25. The maximum absolute atomic E-state index is 11.9. The highest BCUT2D eigenvalue weighted by Gasteiger charge is 2.11. The smallest absolute Gasteiger partial charge is 0.335 e. The van der Waals surface area contributed by atoms with Gasteiger partial charge in [0.2, 0.25) is 10.0 Å². The normalized spacial score (nSPS) is 11.4. The Morgan fingerprint density at radius 1 is 1.29 bits per heavy atom. The van der Waals surface area contributed by atoms with Crippen molar-refractivity contribution in [1.29, 1.82) is 0 Å². The first-order chi connectivity index (χ1) is 9.96. The lowest BCUT2D eigenvalue weighted by molar-refractivity contribution is 0.0697. The molecule has 0 atom stereocenters. The second-order valence-corrected chi connectivity index (χ2v) is 6.13. The average molecular weight is 310 g/mol. The highest BCUT2D eigenvalue weighted by atomic mass is 32.2. The van der Waals surface area contributed by atoms with Gasteiger partial charge in [-0.15, -0.1) is 5.10 Å². The zero-order valence-electron chi connectivity index (χ0n) is 11.0. The Hall–Kier alpha value is -2.26. The van der Waals surface area contributed by atoms with E-state index < -0.39 is 16.0 Å². The predicted octanol–water partition coefficient (Wildman–Crippen LogP) is 0.0959. The molecule has 0 fully saturated rings. The summed E-state index contributed by atoms with van der Waals surface area (Å²) in [5, 5.41) is 16.1. The number of sulfonamides is 1. The Bertz CT molecular complexity index is 695. The molecule has 1 heterocycles. The maximum Gasteiger partial charge on any atom is 0.335 e. The highest BCUT2D eigenvalue weighted by Crippen LogP contribution is 2.07. The number of nitrogens with one attached hydrogen (secondary N) is 1. The molecule has 0 spiro atoms. The van der Waals surface area contributed by atoms with E-state index in [2.05, 4.69) is 15.0 Å². The van der Waals surface area contributed by atoms with Gasteiger partial charge in [0.05, 0.1) is 24.1 Å². The Labute approximate surface area is 121 Å². The minimum atomic E-state index is -3.48. The van der Waals surface area contributed by atoms with Crippen LogP contribution in [0.1, 0.15) is 15.9 Å². The van der Waals surface area contributed by atoms with E-state index in [0.29, 0.717) is 12.1 Å². The van der Waals surface area contributed by atoms with Gasteiger partial charge in [-0.3, -0.25) is 4.68 Å². The van der Waals surface area contributed by atoms with Crippen molar-refractivity contribution in [3.8, 4) is 0 Å². The molecular weight excluding hydrogens is 296 g/mol. The summed E-state index contributed by atoms with van der Waals surface area (Å²) in [4.78, 5) is 10.7. The molecule has 2 N–H and O–H groups in total. The number of aromatic carboxylic acids is 1. The van der Waals surface area contributed by atoms with E-state index in [9.17, 15) is 13.2 Å². The molecule has 0 aliphatic heterocycles. The van der Waals surface area contributed by atoms with Gasteiger partial charge in [-0.2, -0.15) is 0 Å². The van der Waals surface area contributed by atoms with Crippen LogP contribution in [0.4, 0.5) is 0 Å². The molecule has 0 amide bonds. The van der Waals surface area contributed by atoms with E-state index in [-0.39, 0.29) is 17.9 Å². The van der Waals surface area contributed by atoms with Crippen LogP contribution < -0.4 is 4.72 Å². The number of aromatic nitrogens is 3. The molecule has 1 aromatic heterocycles. The molecular formula is C12H14N4O4S. The molecule has 0 radical (unpaired) electrons. The maximum atomic E-state index is 11.9. The molecule has 9 heteroatoms. The molecule has 0 bridgehead atoms. The molecule has 8 nitrogen and oxygen atoms in total. The summed E-state index contributed by atoms with van der Waals surface area (Å²) >= 11 is 0. The van der Waals surface area contributed by atoms with Crippen molar-refractivity contribution in [2.45, 2.75) is 12.3 Å². The predicted molar refractivity (Wildman–Crippen MR) is 74.0 cm³/mol. The average Bonchev–Trinajstić information content (AvgIpc) is 2.91. The minimum Gasteiger partial charge on any atom is -0.478 e. The number of hydrogen-bond donors (Lipinski definition) is 2. The van der Waals surface area contributed by atoms with Crippen LogP contribution in [0.3, 0.4) is 0 Å². The molecule has 0 saturated carbocycles. The third-order valence-corrected chi connectivity index (χ3v) is 4.05. The molecule has 21 heavy (non-hydrogen) atoms. The van der Waals surface area contributed by atoms with E-state index in [1.54, 1.807) is 6.20 Å². The van der Waals surface area contributed by atoms with Crippen LogP contribution in [-0.4, -0.2) is 41.0 Å². The summed E-state index contributed by atoms with van der Waals surface area (Å²) in [5.41, 5.74) is 0.642. The molecule has 112 valence electrons. The van der Waals surface area contributed by atoms with Crippen molar-refractivity contribution >= 4 is 16.0 Å². The van der Waals surface area contributed by atoms with E-state index >= 15 is 0 Å². The lowest BCUT2D eigenvalue weighted by Crippen LogP contribution is -2.28. The van der Waals surface area contributed by atoms with E-state index in [4.69, 9.17) is 5.11 Å². The van der Waals surface area contributed by atoms with Crippen molar-refractivity contribution in [2.24, 2.45) is 0 Å². The second-order valence-electron chi connectivity index (χ2n) is 4.32.